The summed E-state index contributed by atoms with van der Waals surface area (Å²) in [4.78, 5) is 27.1. The number of carbonyl (C=O) groups is 2. The van der Waals surface area contributed by atoms with Crippen LogP contribution in [0.15, 0.2) is 12.3 Å². The smallest absolute Gasteiger partial charge is 0.408 e. The molecule has 0 spiro atoms. The second-order valence-corrected chi connectivity index (χ2v) is 5.99. The lowest BCUT2D eigenvalue weighted by atomic mass is 10.1. The molecule has 0 aromatic carbocycles. The van der Waals surface area contributed by atoms with Gasteiger partial charge in [0.05, 0.1) is 0 Å². The average Bonchev–Trinajstić information content (AvgIpc) is 2.30. The van der Waals surface area contributed by atoms with E-state index in [0.29, 0.717) is 0 Å². The number of amides is 1. The number of aromatic nitrogens is 1. The van der Waals surface area contributed by atoms with E-state index in [0.717, 1.165) is 16.8 Å². The fourth-order valence-corrected chi connectivity index (χ4v) is 1.70. The van der Waals surface area contributed by atoms with E-state index >= 15 is 0 Å². The summed E-state index contributed by atoms with van der Waals surface area (Å²) >= 11 is 0. The van der Waals surface area contributed by atoms with E-state index in [9.17, 15) is 14.7 Å². The highest BCUT2D eigenvalue weighted by molar-refractivity contribution is 5.80. The molecule has 1 atom stereocenters. The number of alkyl carbamates (subject to hydrolysis) is 1. The SMILES string of the molecule is Cc1cc(C[C@H](NC(=O)OC(C)(C)C)C(=O)O)cnc1C. The summed E-state index contributed by atoms with van der Waals surface area (Å²) in [5.74, 6) is -1.11. The van der Waals surface area contributed by atoms with Crippen molar-refractivity contribution >= 4 is 12.1 Å². The molecular formula is C15H22N2O4. The van der Waals surface area contributed by atoms with E-state index in [4.69, 9.17) is 4.74 Å². The van der Waals surface area contributed by atoms with Gasteiger partial charge >= 0.3 is 12.1 Å². The number of pyridine rings is 1. The Labute approximate surface area is 124 Å². The Kier molecular flexibility index (Phi) is 5.29. The van der Waals surface area contributed by atoms with E-state index in [-0.39, 0.29) is 6.42 Å². The minimum Gasteiger partial charge on any atom is -0.480 e. The first kappa shape index (κ1) is 16.9. The van der Waals surface area contributed by atoms with Crippen LogP contribution in [0, 0.1) is 13.8 Å². The number of carbonyl (C=O) groups excluding carboxylic acids is 1. The predicted molar refractivity (Wildman–Crippen MR) is 78.2 cm³/mol. The van der Waals surface area contributed by atoms with Gasteiger partial charge in [-0.2, -0.15) is 0 Å². The standard InChI is InChI=1S/C15H22N2O4/c1-9-6-11(8-16-10(9)2)7-12(13(18)19)17-14(20)21-15(3,4)5/h6,8,12H,7H2,1-5H3,(H,17,20)(H,18,19)/t12-/m0/s1. The first-order valence-corrected chi connectivity index (χ1v) is 6.73. The lowest BCUT2D eigenvalue weighted by Gasteiger charge is -2.22. The number of hydrogen-bond acceptors (Lipinski definition) is 4. The van der Waals surface area contributed by atoms with Gasteiger partial charge in [-0.1, -0.05) is 6.07 Å². The highest BCUT2D eigenvalue weighted by Gasteiger charge is 2.24. The number of carboxylic acid groups (broad SMARTS) is 1. The lowest BCUT2D eigenvalue weighted by Crippen LogP contribution is -2.44. The topological polar surface area (TPSA) is 88.5 Å². The van der Waals surface area contributed by atoms with Crippen molar-refractivity contribution in [2.75, 3.05) is 0 Å². The van der Waals surface area contributed by atoms with Crippen molar-refractivity contribution in [1.29, 1.82) is 0 Å². The summed E-state index contributed by atoms with van der Waals surface area (Å²) in [6.45, 7) is 8.94. The number of carboxylic acids is 1. The van der Waals surface area contributed by atoms with Gasteiger partial charge in [-0.05, 0) is 45.7 Å². The minimum absolute atomic E-state index is 0.155. The molecule has 0 radical (unpaired) electrons. The zero-order valence-corrected chi connectivity index (χ0v) is 13.1. The normalized spacial score (nSPS) is 12.6. The van der Waals surface area contributed by atoms with Gasteiger partial charge in [0.2, 0.25) is 0 Å². The Balaban J connectivity index is 2.76. The third-order valence-corrected chi connectivity index (χ3v) is 2.83. The highest BCUT2D eigenvalue weighted by Crippen LogP contribution is 2.10. The third-order valence-electron chi connectivity index (χ3n) is 2.83. The fourth-order valence-electron chi connectivity index (χ4n) is 1.70. The quantitative estimate of drug-likeness (QED) is 0.889. The Morgan fingerprint density at radius 1 is 1.38 bits per heavy atom. The van der Waals surface area contributed by atoms with Gasteiger partial charge in [0, 0.05) is 18.3 Å². The van der Waals surface area contributed by atoms with Crippen molar-refractivity contribution in [3.63, 3.8) is 0 Å². The van der Waals surface area contributed by atoms with E-state index in [1.807, 2.05) is 19.9 Å². The molecule has 21 heavy (non-hydrogen) atoms. The molecule has 0 fully saturated rings. The van der Waals surface area contributed by atoms with E-state index in [1.54, 1.807) is 27.0 Å². The molecule has 0 aliphatic heterocycles. The monoisotopic (exact) mass is 294 g/mol. The molecule has 0 aliphatic rings. The number of nitrogens with one attached hydrogen (secondary N) is 1. The summed E-state index contributed by atoms with van der Waals surface area (Å²) in [7, 11) is 0. The van der Waals surface area contributed by atoms with Crippen LogP contribution in [-0.4, -0.2) is 33.8 Å². The van der Waals surface area contributed by atoms with Crippen LogP contribution in [0.3, 0.4) is 0 Å². The molecule has 0 aliphatic carbocycles. The highest BCUT2D eigenvalue weighted by atomic mass is 16.6. The van der Waals surface area contributed by atoms with Crippen LogP contribution in [-0.2, 0) is 16.0 Å². The lowest BCUT2D eigenvalue weighted by molar-refractivity contribution is -0.139. The number of aliphatic carboxylic acids is 1. The third kappa shape index (κ3) is 5.81. The van der Waals surface area contributed by atoms with Gasteiger partial charge < -0.3 is 15.2 Å². The molecule has 1 aromatic rings. The Bertz CT molecular complexity index is 535. The van der Waals surface area contributed by atoms with Crippen LogP contribution >= 0.6 is 0 Å². The number of aryl methyl sites for hydroxylation is 2. The molecule has 0 saturated heterocycles. The Morgan fingerprint density at radius 2 is 2.00 bits per heavy atom. The van der Waals surface area contributed by atoms with Crippen LogP contribution in [0.5, 0.6) is 0 Å². The summed E-state index contributed by atoms with van der Waals surface area (Å²) in [6, 6.07) is 0.818. The van der Waals surface area contributed by atoms with Crippen molar-refractivity contribution in [3.05, 3.63) is 29.1 Å². The Morgan fingerprint density at radius 3 is 2.48 bits per heavy atom. The maximum atomic E-state index is 11.7. The van der Waals surface area contributed by atoms with Crippen molar-refractivity contribution < 1.29 is 19.4 Å². The zero-order valence-electron chi connectivity index (χ0n) is 13.1. The Hall–Kier alpha value is -2.11. The maximum Gasteiger partial charge on any atom is 0.408 e. The number of hydrogen-bond donors (Lipinski definition) is 2. The van der Waals surface area contributed by atoms with Crippen LogP contribution < -0.4 is 5.32 Å². The number of nitrogens with zero attached hydrogens (tertiary/aromatic N) is 1. The molecule has 0 bridgehead atoms. The molecule has 0 unspecified atom stereocenters. The summed E-state index contributed by atoms with van der Waals surface area (Å²) < 4.78 is 5.07. The maximum absolute atomic E-state index is 11.7. The van der Waals surface area contributed by atoms with Gasteiger partial charge in [-0.25, -0.2) is 9.59 Å². The van der Waals surface area contributed by atoms with Crippen LogP contribution in [0.2, 0.25) is 0 Å². The summed E-state index contributed by atoms with van der Waals surface area (Å²) in [5.41, 5.74) is 1.95. The van der Waals surface area contributed by atoms with E-state index in [2.05, 4.69) is 10.3 Å². The average molecular weight is 294 g/mol. The molecule has 2 N–H and O–H groups in total. The minimum atomic E-state index is -1.11. The number of rotatable bonds is 4. The molecular weight excluding hydrogens is 272 g/mol. The van der Waals surface area contributed by atoms with E-state index < -0.39 is 23.7 Å². The molecule has 116 valence electrons. The molecule has 1 aromatic heterocycles. The summed E-state index contributed by atoms with van der Waals surface area (Å²) in [6.07, 6.45) is 1.03. The van der Waals surface area contributed by atoms with Crippen LogP contribution in [0.4, 0.5) is 4.79 Å². The van der Waals surface area contributed by atoms with Gasteiger partial charge in [0.15, 0.2) is 0 Å². The second-order valence-electron chi connectivity index (χ2n) is 5.99. The van der Waals surface area contributed by atoms with Gasteiger partial charge in [0.1, 0.15) is 11.6 Å². The molecule has 1 heterocycles. The van der Waals surface area contributed by atoms with Gasteiger partial charge in [0.25, 0.3) is 0 Å². The van der Waals surface area contributed by atoms with Gasteiger partial charge in [-0.3, -0.25) is 4.98 Å². The van der Waals surface area contributed by atoms with Crippen molar-refractivity contribution in [3.8, 4) is 0 Å². The molecule has 6 heteroatoms. The zero-order chi connectivity index (χ0) is 16.2. The van der Waals surface area contributed by atoms with Crippen molar-refractivity contribution in [2.24, 2.45) is 0 Å². The van der Waals surface area contributed by atoms with Crippen LogP contribution in [0.25, 0.3) is 0 Å². The first-order valence-electron chi connectivity index (χ1n) is 6.73. The summed E-state index contributed by atoms with van der Waals surface area (Å²) in [5, 5.41) is 11.6. The molecule has 6 nitrogen and oxygen atoms in total. The molecule has 1 amide bonds. The van der Waals surface area contributed by atoms with E-state index in [1.165, 1.54) is 0 Å². The number of ether oxygens (including phenoxy) is 1. The second kappa shape index (κ2) is 6.56. The van der Waals surface area contributed by atoms with Crippen LogP contribution in [0.1, 0.15) is 37.6 Å². The van der Waals surface area contributed by atoms with Gasteiger partial charge in [-0.15, -0.1) is 0 Å². The molecule has 0 saturated carbocycles. The van der Waals surface area contributed by atoms with Crippen molar-refractivity contribution in [2.45, 2.75) is 52.7 Å². The molecule has 1 rings (SSSR count). The largest absolute Gasteiger partial charge is 0.480 e. The first-order chi connectivity index (χ1) is 9.58. The fraction of sp³-hybridized carbons (Fsp3) is 0.533. The van der Waals surface area contributed by atoms with Crippen molar-refractivity contribution in [1.82, 2.24) is 10.3 Å². The predicted octanol–water partition coefficient (Wildman–Crippen LogP) is 2.22.